The largest absolute Gasteiger partial charge is 0.495 e. The van der Waals surface area contributed by atoms with Gasteiger partial charge in [-0.2, -0.15) is 18.7 Å². The van der Waals surface area contributed by atoms with E-state index in [1.54, 1.807) is 0 Å². The molecular weight excluding hydrogens is 259 g/mol. The smallest absolute Gasteiger partial charge is 0.416 e. The summed E-state index contributed by atoms with van der Waals surface area (Å²) in [6.45, 7) is 0.0588. The van der Waals surface area contributed by atoms with Gasteiger partial charge in [-0.05, 0) is 12.1 Å². The van der Waals surface area contributed by atoms with Crippen molar-refractivity contribution < 1.29 is 22.7 Å². The minimum absolute atomic E-state index is 0.0588. The number of hydrogen-bond acceptors (Lipinski definition) is 3. The number of ether oxygens (including phenoxy) is 1. The van der Waals surface area contributed by atoms with Crippen molar-refractivity contribution in [3.63, 3.8) is 0 Å². The lowest BCUT2D eigenvalue weighted by atomic mass is 10.1. The number of rotatable bonds is 4. The third-order valence-electron chi connectivity index (χ3n) is 2.06. The van der Waals surface area contributed by atoms with E-state index in [9.17, 15) is 13.2 Å². The monoisotopic (exact) mass is 269 g/mol. The average molecular weight is 270 g/mol. The van der Waals surface area contributed by atoms with Crippen molar-refractivity contribution in [3.05, 3.63) is 28.3 Å². The van der Waals surface area contributed by atoms with Crippen LogP contribution >= 0.6 is 11.6 Å². The Kier molecular flexibility index (Phi) is 4.62. The molecule has 0 aliphatic carbocycles. The van der Waals surface area contributed by atoms with E-state index in [2.05, 4.69) is 10.3 Å². The van der Waals surface area contributed by atoms with Gasteiger partial charge in [0.1, 0.15) is 5.75 Å². The van der Waals surface area contributed by atoms with Gasteiger partial charge in [0.25, 0.3) is 0 Å². The van der Waals surface area contributed by atoms with E-state index in [0.29, 0.717) is 0 Å². The van der Waals surface area contributed by atoms with Gasteiger partial charge in [-0.3, -0.25) is 0 Å². The highest BCUT2D eigenvalue weighted by molar-refractivity contribution is 6.32. The van der Waals surface area contributed by atoms with Crippen LogP contribution in [0.1, 0.15) is 11.1 Å². The SMILES string of the molecule is CONCc1cc(C(F)(F)F)cc(Cl)c1OC. The molecule has 0 aliphatic heterocycles. The van der Waals surface area contributed by atoms with Crippen molar-refractivity contribution in [3.8, 4) is 5.75 Å². The first-order chi connectivity index (χ1) is 7.90. The number of alkyl halides is 3. The zero-order valence-electron chi connectivity index (χ0n) is 9.19. The molecule has 0 saturated heterocycles. The molecular formula is C10H11ClF3NO2. The van der Waals surface area contributed by atoms with Crippen molar-refractivity contribution in [1.82, 2.24) is 5.48 Å². The lowest BCUT2D eigenvalue weighted by molar-refractivity contribution is -0.137. The molecule has 0 amide bonds. The molecule has 0 spiro atoms. The Morgan fingerprint density at radius 2 is 1.94 bits per heavy atom. The fraction of sp³-hybridized carbons (Fsp3) is 0.400. The summed E-state index contributed by atoms with van der Waals surface area (Å²) in [5.74, 6) is 0.198. The topological polar surface area (TPSA) is 30.5 Å². The Bertz CT molecular complexity index is 396. The van der Waals surface area contributed by atoms with E-state index in [1.807, 2.05) is 0 Å². The summed E-state index contributed by atoms with van der Waals surface area (Å²) in [6.07, 6.45) is -4.45. The van der Waals surface area contributed by atoms with Crippen molar-refractivity contribution in [2.75, 3.05) is 14.2 Å². The van der Waals surface area contributed by atoms with Crippen LogP contribution in [0.25, 0.3) is 0 Å². The first kappa shape index (κ1) is 14.1. The van der Waals surface area contributed by atoms with E-state index >= 15 is 0 Å². The van der Waals surface area contributed by atoms with E-state index in [0.717, 1.165) is 12.1 Å². The van der Waals surface area contributed by atoms with Gasteiger partial charge >= 0.3 is 6.18 Å². The van der Waals surface area contributed by atoms with Crippen LogP contribution in [0.15, 0.2) is 12.1 Å². The molecule has 96 valence electrons. The van der Waals surface area contributed by atoms with Crippen LogP contribution < -0.4 is 10.2 Å². The standard InChI is InChI=1S/C10H11ClF3NO2/c1-16-9-6(5-15-17-2)3-7(4-8(9)11)10(12,13)14/h3-4,15H,5H2,1-2H3. The lowest BCUT2D eigenvalue weighted by Crippen LogP contribution is -2.14. The van der Waals surface area contributed by atoms with E-state index in [1.165, 1.54) is 14.2 Å². The lowest BCUT2D eigenvalue weighted by Gasteiger charge is -2.14. The Labute approximate surface area is 101 Å². The maximum atomic E-state index is 12.6. The van der Waals surface area contributed by atoms with Crippen molar-refractivity contribution in [2.24, 2.45) is 0 Å². The van der Waals surface area contributed by atoms with Crippen LogP contribution in [0.5, 0.6) is 5.75 Å². The van der Waals surface area contributed by atoms with E-state index in [4.69, 9.17) is 16.3 Å². The highest BCUT2D eigenvalue weighted by Gasteiger charge is 2.32. The van der Waals surface area contributed by atoms with Gasteiger partial charge in [0.05, 0.1) is 24.8 Å². The molecule has 0 aliphatic rings. The highest BCUT2D eigenvalue weighted by Crippen LogP contribution is 2.37. The first-order valence-electron chi connectivity index (χ1n) is 4.59. The van der Waals surface area contributed by atoms with Gasteiger partial charge in [-0.1, -0.05) is 11.6 Å². The van der Waals surface area contributed by atoms with E-state index < -0.39 is 11.7 Å². The minimum Gasteiger partial charge on any atom is -0.495 e. The average Bonchev–Trinajstić information content (AvgIpc) is 2.24. The zero-order chi connectivity index (χ0) is 13.1. The van der Waals surface area contributed by atoms with Gasteiger partial charge < -0.3 is 9.57 Å². The van der Waals surface area contributed by atoms with Gasteiger partial charge in [0, 0.05) is 12.1 Å². The summed E-state index contributed by atoms with van der Waals surface area (Å²) in [7, 11) is 2.70. The summed E-state index contributed by atoms with van der Waals surface area (Å²) in [5.41, 5.74) is 1.89. The molecule has 0 saturated carbocycles. The molecule has 1 aromatic carbocycles. The molecule has 3 nitrogen and oxygen atoms in total. The number of hydroxylamine groups is 1. The van der Waals surface area contributed by atoms with Crippen LogP contribution in [0.3, 0.4) is 0 Å². The summed E-state index contributed by atoms with van der Waals surface area (Å²) < 4.78 is 42.6. The van der Waals surface area contributed by atoms with E-state index in [-0.39, 0.29) is 22.9 Å². The molecule has 1 aromatic rings. The fourth-order valence-corrected chi connectivity index (χ4v) is 1.64. The summed E-state index contributed by atoms with van der Waals surface area (Å²) in [5, 5.41) is -0.0878. The second-order valence-corrected chi connectivity index (χ2v) is 3.58. The molecule has 0 heterocycles. The zero-order valence-corrected chi connectivity index (χ0v) is 9.95. The number of benzene rings is 1. The molecule has 0 radical (unpaired) electrons. The number of methoxy groups -OCH3 is 1. The molecule has 1 N–H and O–H groups in total. The molecule has 0 unspecified atom stereocenters. The van der Waals surface area contributed by atoms with Crippen LogP contribution in [0, 0.1) is 0 Å². The second-order valence-electron chi connectivity index (χ2n) is 3.17. The Morgan fingerprint density at radius 3 is 2.41 bits per heavy atom. The number of hydrogen-bond donors (Lipinski definition) is 1. The van der Waals surface area contributed by atoms with Gasteiger partial charge in [-0.15, -0.1) is 0 Å². The van der Waals surface area contributed by atoms with Crippen molar-refractivity contribution in [2.45, 2.75) is 12.7 Å². The molecule has 0 aromatic heterocycles. The Morgan fingerprint density at radius 1 is 1.29 bits per heavy atom. The summed E-state index contributed by atoms with van der Waals surface area (Å²) in [4.78, 5) is 4.58. The van der Waals surface area contributed by atoms with Gasteiger partial charge in [-0.25, -0.2) is 0 Å². The number of halogens is 4. The Balaban J connectivity index is 3.19. The summed E-state index contributed by atoms with van der Waals surface area (Å²) in [6, 6.07) is 1.80. The van der Waals surface area contributed by atoms with Crippen molar-refractivity contribution >= 4 is 11.6 Å². The van der Waals surface area contributed by atoms with Crippen LogP contribution in [0.2, 0.25) is 5.02 Å². The van der Waals surface area contributed by atoms with Crippen LogP contribution in [0.4, 0.5) is 13.2 Å². The van der Waals surface area contributed by atoms with Gasteiger partial charge in [0.2, 0.25) is 0 Å². The van der Waals surface area contributed by atoms with Crippen molar-refractivity contribution in [1.29, 1.82) is 0 Å². The Hall–Kier alpha value is -0.980. The first-order valence-corrected chi connectivity index (χ1v) is 4.97. The minimum atomic E-state index is -4.45. The summed E-state index contributed by atoms with van der Waals surface area (Å²) >= 11 is 5.73. The predicted octanol–water partition coefficient (Wildman–Crippen LogP) is 3.02. The third-order valence-corrected chi connectivity index (χ3v) is 2.34. The molecule has 17 heavy (non-hydrogen) atoms. The van der Waals surface area contributed by atoms with Crippen LogP contribution in [-0.2, 0) is 17.6 Å². The second kappa shape index (κ2) is 5.57. The highest BCUT2D eigenvalue weighted by atomic mass is 35.5. The number of nitrogens with one attached hydrogen (secondary N) is 1. The maximum absolute atomic E-state index is 12.6. The molecule has 0 atom stereocenters. The van der Waals surface area contributed by atoms with Crippen LogP contribution in [-0.4, -0.2) is 14.2 Å². The normalized spacial score (nSPS) is 11.6. The molecule has 1 rings (SSSR count). The predicted molar refractivity (Wildman–Crippen MR) is 56.9 cm³/mol. The van der Waals surface area contributed by atoms with Gasteiger partial charge in [0.15, 0.2) is 0 Å². The quantitative estimate of drug-likeness (QED) is 0.853. The molecule has 0 bridgehead atoms. The fourth-order valence-electron chi connectivity index (χ4n) is 1.32. The third kappa shape index (κ3) is 3.49. The molecule has 0 fully saturated rings. The maximum Gasteiger partial charge on any atom is 0.416 e. The molecule has 7 heteroatoms.